The minimum Gasteiger partial charge on any atom is -0.493 e. The van der Waals surface area contributed by atoms with Crippen LogP contribution in [-0.2, 0) is 17.8 Å². The van der Waals surface area contributed by atoms with Crippen LogP contribution >= 0.6 is 11.3 Å². The van der Waals surface area contributed by atoms with Crippen molar-refractivity contribution in [2.45, 2.75) is 19.9 Å². The SMILES string of the molecule is CNC(=O)COc1ccc(C(=O)Nc2cccc(C(=O)N3CCc4sccc4C3)c2C)cc1OC. The summed E-state index contributed by atoms with van der Waals surface area (Å²) in [5.74, 6) is 0.00963. The summed E-state index contributed by atoms with van der Waals surface area (Å²) in [5, 5.41) is 7.44. The normalized spacial score (nSPS) is 12.5. The molecule has 182 valence electrons. The van der Waals surface area contributed by atoms with Gasteiger partial charge in [-0.25, -0.2) is 0 Å². The highest BCUT2D eigenvalue weighted by Gasteiger charge is 2.24. The fourth-order valence-corrected chi connectivity index (χ4v) is 4.82. The molecule has 1 aromatic heterocycles. The van der Waals surface area contributed by atoms with Gasteiger partial charge in [-0.3, -0.25) is 14.4 Å². The van der Waals surface area contributed by atoms with Crippen molar-refractivity contribution in [1.82, 2.24) is 10.2 Å². The van der Waals surface area contributed by atoms with Crippen molar-refractivity contribution in [2.24, 2.45) is 0 Å². The molecule has 0 fully saturated rings. The summed E-state index contributed by atoms with van der Waals surface area (Å²) in [7, 11) is 2.98. The smallest absolute Gasteiger partial charge is 0.257 e. The zero-order valence-electron chi connectivity index (χ0n) is 19.8. The van der Waals surface area contributed by atoms with E-state index in [4.69, 9.17) is 9.47 Å². The second-order valence-corrected chi connectivity index (χ2v) is 9.11. The van der Waals surface area contributed by atoms with Crippen LogP contribution in [0.4, 0.5) is 5.69 Å². The molecule has 1 aliphatic rings. The first-order valence-electron chi connectivity index (χ1n) is 11.2. The number of amides is 3. The van der Waals surface area contributed by atoms with Gasteiger partial charge >= 0.3 is 0 Å². The second-order valence-electron chi connectivity index (χ2n) is 8.11. The van der Waals surface area contributed by atoms with Gasteiger partial charge in [-0.2, -0.15) is 0 Å². The molecule has 3 aromatic rings. The number of thiophene rings is 1. The lowest BCUT2D eigenvalue weighted by Crippen LogP contribution is -2.35. The Balaban J connectivity index is 1.49. The standard InChI is InChI=1S/C26H27N3O5S/c1-16-19(26(32)29-11-9-23-18(14-29)10-12-35-23)5-4-6-20(16)28-25(31)17-7-8-21(22(13-17)33-3)34-15-24(30)27-2/h4-8,10,12-13H,9,11,14-15H2,1-3H3,(H,27,30)(H,28,31). The highest BCUT2D eigenvalue weighted by atomic mass is 32.1. The summed E-state index contributed by atoms with van der Waals surface area (Å²) in [4.78, 5) is 40.9. The monoisotopic (exact) mass is 493 g/mol. The highest BCUT2D eigenvalue weighted by Crippen LogP contribution is 2.30. The van der Waals surface area contributed by atoms with Crippen LogP contribution in [0.3, 0.4) is 0 Å². The van der Waals surface area contributed by atoms with Gasteiger partial charge in [-0.1, -0.05) is 6.07 Å². The first-order chi connectivity index (χ1) is 16.9. The minimum absolute atomic E-state index is 0.0465. The van der Waals surface area contributed by atoms with Crippen molar-refractivity contribution in [2.75, 3.05) is 32.6 Å². The summed E-state index contributed by atoms with van der Waals surface area (Å²) >= 11 is 1.73. The first kappa shape index (κ1) is 24.3. The van der Waals surface area contributed by atoms with Gasteiger partial charge in [0.05, 0.1) is 7.11 Å². The Hall–Kier alpha value is -3.85. The predicted octanol–water partition coefficient (Wildman–Crippen LogP) is 3.64. The zero-order valence-corrected chi connectivity index (χ0v) is 20.7. The topological polar surface area (TPSA) is 97.0 Å². The Morgan fingerprint density at radius 3 is 2.71 bits per heavy atom. The molecule has 0 saturated heterocycles. The van der Waals surface area contributed by atoms with Gasteiger partial charge in [0.25, 0.3) is 17.7 Å². The number of hydrogen-bond acceptors (Lipinski definition) is 6. The number of hydrogen-bond donors (Lipinski definition) is 2. The second kappa shape index (κ2) is 10.6. The maximum Gasteiger partial charge on any atom is 0.257 e. The van der Waals surface area contributed by atoms with Gasteiger partial charge < -0.3 is 25.0 Å². The number of benzene rings is 2. The number of fused-ring (bicyclic) bond motifs is 1. The van der Waals surface area contributed by atoms with Crippen molar-refractivity contribution in [1.29, 1.82) is 0 Å². The molecule has 2 heterocycles. The third-order valence-electron chi connectivity index (χ3n) is 5.97. The number of methoxy groups -OCH3 is 1. The Kier molecular flexibility index (Phi) is 7.36. The summed E-state index contributed by atoms with van der Waals surface area (Å²) < 4.78 is 10.8. The van der Waals surface area contributed by atoms with Crippen LogP contribution in [0.2, 0.25) is 0 Å². The molecule has 4 rings (SSSR count). The van der Waals surface area contributed by atoms with Crippen LogP contribution in [0.25, 0.3) is 0 Å². The Bertz CT molecular complexity index is 1270. The van der Waals surface area contributed by atoms with Gasteiger partial charge in [0, 0.05) is 41.8 Å². The lowest BCUT2D eigenvalue weighted by molar-refractivity contribution is -0.122. The van der Waals surface area contributed by atoms with E-state index in [2.05, 4.69) is 22.1 Å². The van der Waals surface area contributed by atoms with Crippen LogP contribution in [0, 0.1) is 6.92 Å². The molecule has 2 N–H and O–H groups in total. The lowest BCUT2D eigenvalue weighted by atomic mass is 10.0. The fraction of sp³-hybridized carbons (Fsp3) is 0.269. The number of rotatable bonds is 7. The number of ether oxygens (including phenoxy) is 2. The van der Waals surface area contributed by atoms with E-state index >= 15 is 0 Å². The molecule has 0 aliphatic carbocycles. The summed E-state index contributed by atoms with van der Waals surface area (Å²) in [6, 6.07) is 12.1. The van der Waals surface area contributed by atoms with E-state index in [1.54, 1.807) is 47.7 Å². The molecule has 35 heavy (non-hydrogen) atoms. The number of carbonyl (C=O) groups is 3. The molecule has 2 aromatic carbocycles. The van der Waals surface area contributed by atoms with Crippen LogP contribution in [0.1, 0.15) is 36.7 Å². The molecule has 0 saturated carbocycles. The Morgan fingerprint density at radius 2 is 1.94 bits per heavy atom. The third-order valence-corrected chi connectivity index (χ3v) is 6.99. The van der Waals surface area contributed by atoms with Crippen molar-refractivity contribution < 1.29 is 23.9 Å². The molecule has 0 atom stereocenters. The number of nitrogens with zero attached hydrogens (tertiary/aromatic N) is 1. The number of nitrogens with one attached hydrogen (secondary N) is 2. The van der Waals surface area contributed by atoms with Crippen molar-refractivity contribution in [3.8, 4) is 11.5 Å². The largest absolute Gasteiger partial charge is 0.493 e. The van der Waals surface area contributed by atoms with Gasteiger partial charge in [-0.05, 0) is 66.2 Å². The molecule has 0 unspecified atom stereocenters. The first-order valence-corrected chi connectivity index (χ1v) is 12.1. The van der Waals surface area contributed by atoms with Crippen LogP contribution in [0.15, 0.2) is 47.8 Å². The number of carbonyl (C=O) groups excluding carboxylic acids is 3. The maximum atomic E-state index is 13.3. The fourth-order valence-electron chi connectivity index (χ4n) is 3.93. The molecule has 0 radical (unpaired) electrons. The summed E-state index contributed by atoms with van der Waals surface area (Å²) in [6.45, 7) is 2.95. The lowest BCUT2D eigenvalue weighted by Gasteiger charge is -2.28. The van der Waals surface area contributed by atoms with Crippen LogP contribution < -0.4 is 20.1 Å². The van der Waals surface area contributed by atoms with E-state index in [1.807, 2.05) is 11.8 Å². The van der Waals surface area contributed by atoms with Gasteiger partial charge in [0.2, 0.25) is 0 Å². The zero-order chi connectivity index (χ0) is 24.9. The number of anilines is 1. The van der Waals surface area contributed by atoms with Gasteiger partial charge in [0.15, 0.2) is 18.1 Å². The average Bonchev–Trinajstić information content (AvgIpc) is 3.36. The summed E-state index contributed by atoms with van der Waals surface area (Å²) in [6.07, 6.45) is 0.860. The molecule has 9 heteroatoms. The Labute approximate surface area is 207 Å². The quantitative estimate of drug-likeness (QED) is 0.524. The maximum absolute atomic E-state index is 13.3. The van der Waals surface area contributed by atoms with Crippen LogP contribution in [-0.4, -0.2) is 49.9 Å². The molecular weight excluding hydrogens is 466 g/mol. The molecule has 8 nitrogen and oxygen atoms in total. The van der Waals surface area contributed by atoms with Crippen molar-refractivity contribution >= 4 is 34.7 Å². The van der Waals surface area contributed by atoms with Crippen molar-refractivity contribution in [3.63, 3.8) is 0 Å². The predicted molar refractivity (Wildman–Crippen MR) is 134 cm³/mol. The van der Waals surface area contributed by atoms with Crippen LogP contribution in [0.5, 0.6) is 11.5 Å². The number of likely N-dealkylation sites (N-methyl/N-ethyl adjacent to an activating group) is 1. The molecular formula is C26H27N3O5S. The summed E-state index contributed by atoms with van der Waals surface area (Å²) in [5.41, 5.74) is 3.39. The van der Waals surface area contributed by atoms with E-state index in [9.17, 15) is 14.4 Å². The van der Waals surface area contributed by atoms with E-state index in [1.165, 1.54) is 24.6 Å². The average molecular weight is 494 g/mol. The van der Waals surface area contributed by atoms with E-state index in [-0.39, 0.29) is 24.3 Å². The minimum atomic E-state index is -0.352. The van der Waals surface area contributed by atoms with Gasteiger partial charge in [0.1, 0.15) is 0 Å². The molecule has 0 spiro atoms. The molecule has 3 amide bonds. The van der Waals surface area contributed by atoms with E-state index < -0.39 is 0 Å². The highest BCUT2D eigenvalue weighted by molar-refractivity contribution is 7.10. The van der Waals surface area contributed by atoms with E-state index in [0.717, 1.165) is 6.42 Å². The van der Waals surface area contributed by atoms with Gasteiger partial charge in [-0.15, -0.1) is 11.3 Å². The van der Waals surface area contributed by atoms with Crippen molar-refractivity contribution in [3.05, 3.63) is 75.0 Å². The van der Waals surface area contributed by atoms with E-state index in [0.29, 0.717) is 47.0 Å². The Morgan fingerprint density at radius 1 is 1.11 bits per heavy atom. The molecule has 1 aliphatic heterocycles. The third kappa shape index (κ3) is 5.30. The molecule has 0 bridgehead atoms.